The molecule has 0 spiro atoms. The lowest BCUT2D eigenvalue weighted by molar-refractivity contribution is 0.0996. The van der Waals surface area contributed by atoms with Gasteiger partial charge in [-0.05, 0) is 71.4 Å². The zero-order valence-electron chi connectivity index (χ0n) is 24.6. The number of nitrogens with zero attached hydrogens (tertiary/aromatic N) is 9. The van der Waals surface area contributed by atoms with E-state index in [9.17, 15) is 4.79 Å². The Bertz CT molecular complexity index is 1370. The number of piperazine rings is 1. The Hall–Kier alpha value is -3.41. The minimum absolute atomic E-state index is 0.0141. The number of amides is 1. The number of pyridine rings is 2. The summed E-state index contributed by atoms with van der Waals surface area (Å²) < 4.78 is 1.95. The first kappa shape index (κ1) is 27.7. The first-order valence-electron chi connectivity index (χ1n) is 15.1. The SMILES string of the molecule is CCn1cnnc1-c1cccc(N2Cc3c(cc(N4CCCC4C)nc3CN(C)CCCN3CCNCC3)C2=O)n1. The van der Waals surface area contributed by atoms with Gasteiger partial charge in [0.15, 0.2) is 5.82 Å². The molecule has 11 heteroatoms. The zero-order valence-corrected chi connectivity index (χ0v) is 24.6. The largest absolute Gasteiger partial charge is 0.354 e. The molecule has 218 valence electrons. The Morgan fingerprint density at radius 2 is 1.98 bits per heavy atom. The number of fused-ring (bicyclic) bond motifs is 1. The van der Waals surface area contributed by atoms with Crippen molar-refractivity contribution in [2.75, 3.05) is 62.7 Å². The van der Waals surface area contributed by atoms with Crippen molar-refractivity contribution in [3.8, 4) is 11.5 Å². The molecule has 1 N–H and O–H groups in total. The van der Waals surface area contributed by atoms with E-state index in [1.54, 1.807) is 11.2 Å². The van der Waals surface area contributed by atoms with Crippen molar-refractivity contribution in [2.24, 2.45) is 0 Å². The van der Waals surface area contributed by atoms with E-state index in [1.807, 2.05) is 35.8 Å². The summed E-state index contributed by atoms with van der Waals surface area (Å²) in [6.07, 6.45) is 5.13. The van der Waals surface area contributed by atoms with E-state index in [0.29, 0.717) is 36.5 Å². The summed E-state index contributed by atoms with van der Waals surface area (Å²) >= 11 is 0. The maximum absolute atomic E-state index is 13.9. The molecule has 2 saturated heterocycles. The number of hydrogen-bond acceptors (Lipinski definition) is 9. The molecule has 0 aromatic carbocycles. The fraction of sp³-hybridized carbons (Fsp3) is 0.567. The van der Waals surface area contributed by atoms with Gasteiger partial charge in [-0.2, -0.15) is 0 Å². The van der Waals surface area contributed by atoms with Crippen molar-refractivity contribution in [3.63, 3.8) is 0 Å². The van der Waals surface area contributed by atoms with Crippen LogP contribution in [0.3, 0.4) is 0 Å². The monoisotopic (exact) mass is 558 g/mol. The Labute approximate surface area is 242 Å². The molecule has 1 amide bonds. The molecule has 3 aliphatic rings. The first-order chi connectivity index (χ1) is 20.0. The van der Waals surface area contributed by atoms with E-state index >= 15 is 0 Å². The van der Waals surface area contributed by atoms with Gasteiger partial charge in [-0.25, -0.2) is 9.97 Å². The van der Waals surface area contributed by atoms with Gasteiger partial charge < -0.3 is 24.6 Å². The lowest BCUT2D eigenvalue weighted by Crippen LogP contribution is -2.44. The van der Waals surface area contributed by atoms with E-state index < -0.39 is 0 Å². The molecule has 3 aromatic heterocycles. The lowest BCUT2D eigenvalue weighted by Gasteiger charge is -2.28. The van der Waals surface area contributed by atoms with Gasteiger partial charge in [-0.15, -0.1) is 10.2 Å². The fourth-order valence-corrected chi connectivity index (χ4v) is 6.31. The second-order valence-corrected chi connectivity index (χ2v) is 11.5. The molecule has 6 heterocycles. The van der Waals surface area contributed by atoms with Crippen molar-refractivity contribution in [1.82, 2.24) is 39.8 Å². The van der Waals surface area contributed by atoms with Crippen molar-refractivity contribution >= 4 is 17.5 Å². The molecule has 1 unspecified atom stereocenters. The molecule has 6 rings (SSSR count). The molecule has 3 aromatic rings. The van der Waals surface area contributed by atoms with E-state index in [1.165, 1.54) is 0 Å². The van der Waals surface area contributed by atoms with Crippen LogP contribution >= 0.6 is 0 Å². The van der Waals surface area contributed by atoms with Gasteiger partial charge in [-0.1, -0.05) is 6.07 Å². The minimum Gasteiger partial charge on any atom is -0.354 e. The van der Waals surface area contributed by atoms with Gasteiger partial charge in [0.05, 0.1) is 17.8 Å². The number of anilines is 2. The zero-order chi connectivity index (χ0) is 28.3. The van der Waals surface area contributed by atoms with Crippen LogP contribution in [0.4, 0.5) is 11.6 Å². The fourth-order valence-electron chi connectivity index (χ4n) is 6.31. The second-order valence-electron chi connectivity index (χ2n) is 11.5. The standard InChI is InChI=1S/C30H42N10O/c1-4-38-21-32-35-29(38)25-9-5-10-27(33-25)40-19-24-23(30(40)41)18-28(39-15-6-8-22(39)2)34-26(24)20-36(3)13-7-14-37-16-11-31-12-17-37/h5,9-10,18,21-22,31H,4,6-8,11-17,19-20H2,1-3H3. The van der Waals surface area contributed by atoms with Gasteiger partial charge in [0, 0.05) is 57.4 Å². The van der Waals surface area contributed by atoms with Crippen molar-refractivity contribution in [3.05, 3.63) is 47.4 Å². The number of nitrogens with one attached hydrogen (secondary N) is 1. The van der Waals surface area contributed by atoms with Crippen molar-refractivity contribution < 1.29 is 4.79 Å². The predicted octanol–water partition coefficient (Wildman–Crippen LogP) is 2.63. The van der Waals surface area contributed by atoms with Crippen LogP contribution in [0.5, 0.6) is 0 Å². The molecule has 3 aliphatic heterocycles. The van der Waals surface area contributed by atoms with Crippen LogP contribution in [0.25, 0.3) is 11.5 Å². The Balaban J connectivity index is 1.25. The van der Waals surface area contributed by atoms with E-state index in [2.05, 4.69) is 44.2 Å². The highest BCUT2D eigenvalue weighted by atomic mass is 16.2. The van der Waals surface area contributed by atoms with Gasteiger partial charge in [0.25, 0.3) is 5.91 Å². The highest BCUT2D eigenvalue weighted by molar-refractivity contribution is 6.10. The summed E-state index contributed by atoms with van der Waals surface area (Å²) in [5, 5.41) is 11.7. The van der Waals surface area contributed by atoms with E-state index in [-0.39, 0.29) is 5.91 Å². The van der Waals surface area contributed by atoms with Gasteiger partial charge in [-0.3, -0.25) is 9.69 Å². The number of aryl methyl sites for hydroxylation is 1. The third kappa shape index (κ3) is 5.84. The molecule has 0 bridgehead atoms. The van der Waals surface area contributed by atoms with Crippen LogP contribution in [-0.4, -0.2) is 99.3 Å². The molecule has 0 saturated carbocycles. The summed E-state index contributed by atoms with van der Waals surface area (Å²) in [7, 11) is 2.17. The summed E-state index contributed by atoms with van der Waals surface area (Å²) in [5.74, 6) is 2.24. The second kappa shape index (κ2) is 12.2. The molecule has 2 fully saturated rings. The number of hydrogen-bond donors (Lipinski definition) is 1. The minimum atomic E-state index is -0.0141. The summed E-state index contributed by atoms with van der Waals surface area (Å²) in [5.41, 5.74) is 3.48. The normalized spacial score (nSPS) is 19.5. The average molecular weight is 559 g/mol. The van der Waals surface area contributed by atoms with E-state index in [0.717, 1.165) is 94.3 Å². The van der Waals surface area contributed by atoms with Crippen LogP contribution in [-0.2, 0) is 19.6 Å². The van der Waals surface area contributed by atoms with Crippen LogP contribution < -0.4 is 15.1 Å². The Morgan fingerprint density at radius 3 is 2.76 bits per heavy atom. The third-order valence-electron chi connectivity index (χ3n) is 8.68. The Morgan fingerprint density at radius 1 is 1.12 bits per heavy atom. The molecule has 41 heavy (non-hydrogen) atoms. The van der Waals surface area contributed by atoms with Gasteiger partial charge >= 0.3 is 0 Å². The molecule has 11 nitrogen and oxygen atoms in total. The third-order valence-corrected chi connectivity index (χ3v) is 8.68. The van der Waals surface area contributed by atoms with Crippen LogP contribution in [0.15, 0.2) is 30.6 Å². The first-order valence-corrected chi connectivity index (χ1v) is 15.1. The quantitative estimate of drug-likeness (QED) is 0.403. The van der Waals surface area contributed by atoms with Gasteiger partial charge in [0.2, 0.25) is 0 Å². The average Bonchev–Trinajstić information content (AvgIpc) is 3.72. The molecular weight excluding hydrogens is 516 g/mol. The van der Waals surface area contributed by atoms with Crippen LogP contribution in [0, 0.1) is 0 Å². The predicted molar refractivity (Wildman–Crippen MR) is 160 cm³/mol. The number of aromatic nitrogens is 5. The molecule has 0 radical (unpaired) electrons. The summed E-state index contributed by atoms with van der Waals surface area (Å²) in [6, 6.07) is 8.20. The maximum atomic E-state index is 13.9. The highest BCUT2D eigenvalue weighted by Crippen LogP contribution is 2.34. The van der Waals surface area contributed by atoms with E-state index in [4.69, 9.17) is 9.97 Å². The maximum Gasteiger partial charge on any atom is 0.260 e. The van der Waals surface area contributed by atoms with Gasteiger partial charge in [0.1, 0.15) is 23.7 Å². The van der Waals surface area contributed by atoms with Crippen LogP contribution in [0.1, 0.15) is 54.7 Å². The van der Waals surface area contributed by atoms with Crippen molar-refractivity contribution in [2.45, 2.75) is 58.8 Å². The molecular formula is C30H42N10O. The number of carbonyl (C=O) groups is 1. The smallest absolute Gasteiger partial charge is 0.260 e. The van der Waals surface area contributed by atoms with Crippen molar-refractivity contribution in [1.29, 1.82) is 0 Å². The van der Waals surface area contributed by atoms with Crippen LogP contribution in [0.2, 0.25) is 0 Å². The topological polar surface area (TPSA) is 98.5 Å². The molecule has 1 atom stereocenters. The summed E-state index contributed by atoms with van der Waals surface area (Å²) in [4.78, 5) is 33.0. The lowest BCUT2D eigenvalue weighted by atomic mass is 10.1. The highest BCUT2D eigenvalue weighted by Gasteiger charge is 2.34. The Kier molecular flexibility index (Phi) is 8.27. The summed E-state index contributed by atoms with van der Waals surface area (Å²) in [6.45, 7) is 13.7. The number of carbonyl (C=O) groups excluding carboxylic acids is 1. The number of rotatable bonds is 10. The molecule has 0 aliphatic carbocycles.